The largest absolute Gasteiger partial charge is 0.492 e. The van der Waals surface area contributed by atoms with Crippen LogP contribution in [0.1, 0.15) is 18.2 Å². The van der Waals surface area contributed by atoms with Crippen molar-refractivity contribution in [3.8, 4) is 5.75 Å². The summed E-state index contributed by atoms with van der Waals surface area (Å²) in [5.74, 6) is 1.01. The van der Waals surface area contributed by atoms with E-state index in [9.17, 15) is 4.39 Å². The van der Waals surface area contributed by atoms with Gasteiger partial charge in [0.2, 0.25) is 0 Å². The minimum Gasteiger partial charge on any atom is -0.492 e. The summed E-state index contributed by atoms with van der Waals surface area (Å²) in [4.78, 5) is 1.79. The van der Waals surface area contributed by atoms with E-state index in [-0.39, 0.29) is 12.4 Å². The lowest BCUT2D eigenvalue weighted by Crippen LogP contribution is -2.34. The van der Waals surface area contributed by atoms with Gasteiger partial charge in [-0.3, -0.25) is 0 Å². The van der Waals surface area contributed by atoms with E-state index in [4.69, 9.17) is 33.0 Å². The summed E-state index contributed by atoms with van der Waals surface area (Å²) in [5.41, 5.74) is 1.11. The molecule has 0 spiro atoms. The number of hydrogen-bond acceptors (Lipinski definition) is 3. The Bertz CT molecular complexity index is 914. The average molecular weight is 419 g/mol. The van der Waals surface area contributed by atoms with Gasteiger partial charge < -0.3 is 19.4 Å². The van der Waals surface area contributed by atoms with E-state index in [0.29, 0.717) is 40.4 Å². The fourth-order valence-electron chi connectivity index (χ4n) is 2.71. The smallest absolute Gasteiger partial charge is 0.174 e. The van der Waals surface area contributed by atoms with Crippen LogP contribution < -0.4 is 10.1 Å². The third kappa shape index (κ3) is 5.03. The first-order valence-corrected chi connectivity index (χ1v) is 9.60. The number of thiocarbonyl (C=S) groups is 1. The molecule has 1 heterocycles. The normalized spacial score (nSPS) is 10.5. The summed E-state index contributed by atoms with van der Waals surface area (Å²) in [6, 6.07) is 15.8. The van der Waals surface area contributed by atoms with Crippen LogP contribution in [0, 0.1) is 5.82 Å². The predicted octanol–water partition coefficient (Wildman–Crippen LogP) is 5.87. The van der Waals surface area contributed by atoms with E-state index in [1.807, 2.05) is 37.3 Å². The Morgan fingerprint density at radius 1 is 1.14 bits per heavy atom. The van der Waals surface area contributed by atoms with E-state index < -0.39 is 0 Å². The number of anilines is 1. The van der Waals surface area contributed by atoms with Crippen molar-refractivity contribution in [3.05, 3.63) is 83.0 Å². The van der Waals surface area contributed by atoms with Crippen LogP contribution in [-0.2, 0) is 13.1 Å². The molecule has 0 bridgehead atoms. The minimum atomic E-state index is -0.380. The van der Waals surface area contributed by atoms with Crippen LogP contribution in [0.5, 0.6) is 5.75 Å². The molecule has 1 aromatic heterocycles. The molecule has 0 aliphatic rings. The Balaban J connectivity index is 1.85. The lowest BCUT2D eigenvalue weighted by Gasteiger charge is -2.26. The second kappa shape index (κ2) is 9.57. The maximum absolute atomic E-state index is 14.3. The van der Waals surface area contributed by atoms with Crippen LogP contribution in [0.2, 0.25) is 5.02 Å². The van der Waals surface area contributed by atoms with Gasteiger partial charge in [0.1, 0.15) is 17.3 Å². The first kappa shape index (κ1) is 20.2. The van der Waals surface area contributed by atoms with Gasteiger partial charge in [-0.05, 0) is 55.5 Å². The summed E-state index contributed by atoms with van der Waals surface area (Å²) >= 11 is 11.8. The molecule has 0 radical (unpaired) electrons. The summed E-state index contributed by atoms with van der Waals surface area (Å²) in [6.45, 7) is 3.00. The van der Waals surface area contributed by atoms with Gasteiger partial charge in [0.25, 0.3) is 0 Å². The third-order valence-corrected chi connectivity index (χ3v) is 4.77. The lowest BCUT2D eigenvalue weighted by atomic mass is 10.2. The van der Waals surface area contributed by atoms with E-state index in [1.54, 1.807) is 29.4 Å². The molecule has 2 aromatic carbocycles. The second-order valence-corrected chi connectivity index (χ2v) is 6.79. The average Bonchev–Trinajstić information content (AvgIpc) is 3.19. The molecule has 0 atom stereocenters. The number of furan rings is 1. The number of nitrogens with one attached hydrogen (secondary N) is 1. The highest BCUT2D eigenvalue weighted by molar-refractivity contribution is 7.80. The van der Waals surface area contributed by atoms with Gasteiger partial charge in [0, 0.05) is 17.1 Å². The molecule has 146 valence electrons. The van der Waals surface area contributed by atoms with Crippen molar-refractivity contribution < 1.29 is 13.5 Å². The highest BCUT2D eigenvalue weighted by atomic mass is 35.5. The molecule has 0 saturated heterocycles. The molecule has 4 nitrogen and oxygen atoms in total. The summed E-state index contributed by atoms with van der Waals surface area (Å²) in [6.07, 6.45) is 1.59. The van der Waals surface area contributed by atoms with Crippen molar-refractivity contribution >= 4 is 34.6 Å². The highest BCUT2D eigenvalue weighted by Crippen LogP contribution is 2.26. The molecule has 0 fully saturated rings. The van der Waals surface area contributed by atoms with Crippen LogP contribution in [0.3, 0.4) is 0 Å². The molecule has 0 unspecified atom stereocenters. The monoisotopic (exact) mass is 418 g/mol. The van der Waals surface area contributed by atoms with Crippen LogP contribution in [-0.4, -0.2) is 16.6 Å². The Morgan fingerprint density at radius 3 is 2.68 bits per heavy atom. The topological polar surface area (TPSA) is 37.6 Å². The number of rotatable bonds is 7. The second-order valence-electron chi connectivity index (χ2n) is 5.99. The van der Waals surface area contributed by atoms with Crippen LogP contribution in [0.15, 0.2) is 65.3 Å². The Hall–Kier alpha value is -2.57. The molecule has 3 aromatic rings. The first-order chi connectivity index (χ1) is 13.6. The molecule has 28 heavy (non-hydrogen) atoms. The Kier molecular flexibility index (Phi) is 6.90. The van der Waals surface area contributed by atoms with Crippen molar-refractivity contribution in [1.82, 2.24) is 4.90 Å². The third-order valence-electron chi connectivity index (χ3n) is 4.05. The molecular formula is C21H20ClFN2O2S. The number of benzene rings is 2. The molecule has 0 saturated carbocycles. The van der Waals surface area contributed by atoms with Gasteiger partial charge in [-0.2, -0.15) is 0 Å². The summed E-state index contributed by atoms with van der Waals surface area (Å²) in [5, 5.41) is 3.95. The van der Waals surface area contributed by atoms with Gasteiger partial charge >= 0.3 is 0 Å². The van der Waals surface area contributed by atoms with Crippen LogP contribution in [0.25, 0.3) is 0 Å². The van der Waals surface area contributed by atoms with E-state index >= 15 is 0 Å². The van der Waals surface area contributed by atoms with Crippen molar-refractivity contribution in [3.63, 3.8) is 0 Å². The lowest BCUT2D eigenvalue weighted by molar-refractivity contribution is 0.341. The summed E-state index contributed by atoms with van der Waals surface area (Å²) in [7, 11) is 0. The Morgan fingerprint density at radius 2 is 1.96 bits per heavy atom. The van der Waals surface area contributed by atoms with E-state index in [2.05, 4.69) is 5.32 Å². The first-order valence-electron chi connectivity index (χ1n) is 8.81. The van der Waals surface area contributed by atoms with Gasteiger partial charge in [-0.25, -0.2) is 4.39 Å². The van der Waals surface area contributed by atoms with Crippen molar-refractivity contribution in [2.45, 2.75) is 20.0 Å². The zero-order valence-electron chi connectivity index (χ0n) is 15.3. The molecule has 0 aliphatic heterocycles. The number of para-hydroxylation sites is 2. The molecule has 1 N–H and O–H groups in total. The fraction of sp³-hybridized carbons (Fsp3) is 0.190. The number of halogens is 2. The van der Waals surface area contributed by atoms with Gasteiger partial charge in [0.15, 0.2) is 5.11 Å². The zero-order valence-corrected chi connectivity index (χ0v) is 16.9. The number of hydrogen-bond donors (Lipinski definition) is 1. The van der Waals surface area contributed by atoms with Crippen LogP contribution in [0.4, 0.5) is 10.1 Å². The van der Waals surface area contributed by atoms with Crippen molar-refractivity contribution in [2.75, 3.05) is 11.9 Å². The highest BCUT2D eigenvalue weighted by Gasteiger charge is 2.18. The maximum Gasteiger partial charge on any atom is 0.174 e. The van der Waals surface area contributed by atoms with Crippen LogP contribution >= 0.6 is 23.8 Å². The van der Waals surface area contributed by atoms with Crippen molar-refractivity contribution in [1.29, 1.82) is 0 Å². The molecule has 0 amide bonds. The molecular weight excluding hydrogens is 399 g/mol. The predicted molar refractivity (Wildman–Crippen MR) is 113 cm³/mol. The summed E-state index contributed by atoms with van der Waals surface area (Å²) < 4.78 is 25.4. The zero-order chi connectivity index (χ0) is 19.9. The SMILES string of the molecule is CCOc1ccccc1NC(=S)N(Cc1ccco1)Cc1c(F)cccc1Cl. The number of nitrogens with zero attached hydrogens (tertiary/aromatic N) is 1. The van der Waals surface area contributed by atoms with Gasteiger partial charge in [0.05, 0.1) is 25.1 Å². The van der Waals surface area contributed by atoms with E-state index in [1.165, 1.54) is 6.07 Å². The Labute approximate surface area is 173 Å². The maximum atomic E-state index is 14.3. The van der Waals surface area contributed by atoms with Crippen molar-refractivity contribution in [2.24, 2.45) is 0 Å². The van der Waals surface area contributed by atoms with Gasteiger partial charge in [-0.15, -0.1) is 0 Å². The molecule has 7 heteroatoms. The quantitative estimate of drug-likeness (QED) is 0.485. The fourth-order valence-corrected chi connectivity index (χ4v) is 3.17. The van der Waals surface area contributed by atoms with E-state index in [0.717, 1.165) is 5.69 Å². The van der Waals surface area contributed by atoms with Gasteiger partial charge in [-0.1, -0.05) is 29.8 Å². The standard InChI is InChI=1S/C21H20ClFN2O2S/c1-2-26-20-11-4-3-10-19(20)24-21(28)25(13-15-7-6-12-27-15)14-16-17(22)8-5-9-18(16)23/h3-12H,2,13-14H2,1H3,(H,24,28). The molecule has 0 aliphatic carbocycles. The minimum absolute atomic E-state index is 0.189. The number of ether oxygens (including phenoxy) is 1. The molecule has 3 rings (SSSR count).